The topological polar surface area (TPSA) is 89.3 Å². The predicted octanol–water partition coefficient (Wildman–Crippen LogP) is 2.21. The first-order chi connectivity index (χ1) is 9.72. The van der Waals surface area contributed by atoms with Gasteiger partial charge in [-0.05, 0) is 38.8 Å². The number of hydrogen-bond acceptors (Lipinski definition) is 4. The zero-order valence-electron chi connectivity index (χ0n) is 12.3. The van der Waals surface area contributed by atoms with Gasteiger partial charge in [-0.25, -0.2) is 13.1 Å². The second kappa shape index (κ2) is 6.70. The summed E-state index contributed by atoms with van der Waals surface area (Å²) in [5.74, 6) is 2.42. The van der Waals surface area contributed by atoms with Gasteiger partial charge in [0.1, 0.15) is 0 Å². The first kappa shape index (κ1) is 17.1. The van der Waals surface area contributed by atoms with Gasteiger partial charge >= 0.3 is 0 Å². The van der Waals surface area contributed by atoms with Crippen molar-refractivity contribution < 1.29 is 13.3 Å². The predicted molar refractivity (Wildman–Crippen MR) is 80.6 cm³/mol. The van der Waals surface area contributed by atoms with Crippen LogP contribution in [0.5, 0.6) is 0 Å². The molecule has 7 heteroatoms. The summed E-state index contributed by atoms with van der Waals surface area (Å²) in [6.07, 6.45) is 6.09. The fraction of sp³-hybridized carbons (Fsp3) is 0.429. The lowest BCUT2D eigenvalue weighted by Crippen LogP contribution is -2.26. The lowest BCUT2D eigenvalue weighted by atomic mass is 10.1. The minimum absolute atomic E-state index is 0.0273. The van der Waals surface area contributed by atoms with Crippen LogP contribution in [0.1, 0.15) is 29.5 Å². The van der Waals surface area contributed by atoms with Crippen LogP contribution < -0.4 is 4.72 Å². The van der Waals surface area contributed by atoms with E-state index in [9.17, 15) is 18.5 Å². The van der Waals surface area contributed by atoms with Gasteiger partial charge in [-0.1, -0.05) is 0 Å². The molecule has 0 aromatic heterocycles. The molecule has 0 aliphatic rings. The van der Waals surface area contributed by atoms with Crippen molar-refractivity contribution >= 4 is 15.7 Å². The third kappa shape index (κ3) is 3.80. The van der Waals surface area contributed by atoms with Crippen LogP contribution in [-0.2, 0) is 10.0 Å². The molecule has 1 aromatic rings. The van der Waals surface area contributed by atoms with Crippen LogP contribution in [0.25, 0.3) is 0 Å². The van der Waals surface area contributed by atoms with E-state index in [-0.39, 0.29) is 22.7 Å². The Morgan fingerprint density at radius 1 is 1.33 bits per heavy atom. The van der Waals surface area contributed by atoms with E-state index in [1.165, 1.54) is 13.0 Å². The highest BCUT2D eigenvalue weighted by atomic mass is 32.2. The molecule has 0 aliphatic carbocycles. The lowest BCUT2D eigenvalue weighted by Gasteiger charge is -2.13. The molecule has 1 rings (SSSR count). The molecule has 0 fully saturated rings. The summed E-state index contributed by atoms with van der Waals surface area (Å²) in [4.78, 5) is 10.5. The average Bonchev–Trinajstić information content (AvgIpc) is 2.32. The molecule has 1 aromatic carbocycles. The van der Waals surface area contributed by atoms with Crippen molar-refractivity contribution in [3.8, 4) is 12.3 Å². The summed E-state index contributed by atoms with van der Waals surface area (Å²) in [7, 11) is -3.80. The third-order valence-electron chi connectivity index (χ3n) is 3.10. The summed E-state index contributed by atoms with van der Waals surface area (Å²) < 4.78 is 27.1. The van der Waals surface area contributed by atoms with Crippen LogP contribution in [0.3, 0.4) is 0 Å². The summed E-state index contributed by atoms with van der Waals surface area (Å²) in [6, 6.07) is 1.52. The van der Waals surface area contributed by atoms with Crippen molar-refractivity contribution in [2.75, 3.05) is 6.54 Å². The van der Waals surface area contributed by atoms with Crippen LogP contribution in [0.2, 0.25) is 0 Å². The van der Waals surface area contributed by atoms with Crippen molar-refractivity contribution in [1.29, 1.82) is 0 Å². The summed E-state index contributed by atoms with van der Waals surface area (Å²) in [6.45, 7) is 4.87. The van der Waals surface area contributed by atoms with Crippen LogP contribution in [0.4, 0.5) is 5.69 Å². The zero-order valence-corrected chi connectivity index (χ0v) is 13.1. The van der Waals surface area contributed by atoms with E-state index >= 15 is 0 Å². The fourth-order valence-corrected chi connectivity index (χ4v) is 3.86. The highest BCUT2D eigenvalue weighted by molar-refractivity contribution is 7.89. The molecular formula is C14H18N2O4S. The summed E-state index contributed by atoms with van der Waals surface area (Å²) >= 11 is 0. The van der Waals surface area contributed by atoms with Crippen molar-refractivity contribution in [3.63, 3.8) is 0 Å². The lowest BCUT2D eigenvalue weighted by molar-refractivity contribution is -0.386. The Balaban J connectivity index is 3.27. The number of sulfonamides is 1. The van der Waals surface area contributed by atoms with Gasteiger partial charge < -0.3 is 0 Å². The van der Waals surface area contributed by atoms with Crippen molar-refractivity contribution in [2.24, 2.45) is 0 Å². The van der Waals surface area contributed by atoms with E-state index in [0.717, 1.165) is 0 Å². The third-order valence-corrected chi connectivity index (χ3v) is 4.85. The number of rotatable bonds is 6. The molecular weight excluding hydrogens is 292 g/mol. The molecule has 0 amide bonds. The van der Waals surface area contributed by atoms with Crippen molar-refractivity contribution in [2.45, 2.75) is 38.5 Å². The minimum atomic E-state index is -3.80. The monoisotopic (exact) mass is 310 g/mol. The first-order valence-corrected chi connectivity index (χ1v) is 7.89. The van der Waals surface area contributed by atoms with Crippen molar-refractivity contribution in [3.05, 3.63) is 32.9 Å². The standard InChI is InChI=1S/C14H18N2O4S/c1-5-6-7-8-15-21(19,20)14-11(3)9-10(2)13(12(14)4)16(17)18/h1,9,15H,6-8H2,2-4H3. The van der Waals surface area contributed by atoms with Gasteiger partial charge in [0, 0.05) is 24.1 Å². The van der Waals surface area contributed by atoms with E-state index in [0.29, 0.717) is 24.0 Å². The number of hydrogen-bond donors (Lipinski definition) is 1. The Morgan fingerprint density at radius 3 is 2.48 bits per heavy atom. The van der Waals surface area contributed by atoms with Crippen LogP contribution >= 0.6 is 0 Å². The maximum absolute atomic E-state index is 12.3. The maximum Gasteiger partial charge on any atom is 0.276 e. The molecule has 0 atom stereocenters. The molecule has 114 valence electrons. The van der Waals surface area contributed by atoms with Crippen LogP contribution in [0, 0.1) is 43.2 Å². The summed E-state index contributed by atoms with van der Waals surface area (Å²) in [5, 5.41) is 11.1. The maximum atomic E-state index is 12.3. The highest BCUT2D eigenvalue weighted by Gasteiger charge is 2.27. The number of nitrogens with zero attached hydrogens (tertiary/aromatic N) is 1. The number of terminal acetylenes is 1. The molecule has 6 nitrogen and oxygen atoms in total. The van der Waals surface area contributed by atoms with Gasteiger partial charge in [-0.15, -0.1) is 12.3 Å². The number of aryl methyl sites for hydroxylation is 2. The van der Waals surface area contributed by atoms with Crippen LogP contribution in [-0.4, -0.2) is 19.9 Å². The van der Waals surface area contributed by atoms with Gasteiger partial charge in [-0.2, -0.15) is 0 Å². The van der Waals surface area contributed by atoms with E-state index in [1.54, 1.807) is 13.8 Å². The van der Waals surface area contributed by atoms with Crippen molar-refractivity contribution in [1.82, 2.24) is 4.72 Å². The van der Waals surface area contributed by atoms with E-state index < -0.39 is 14.9 Å². The average molecular weight is 310 g/mol. The highest BCUT2D eigenvalue weighted by Crippen LogP contribution is 2.31. The van der Waals surface area contributed by atoms with Crippen LogP contribution in [0.15, 0.2) is 11.0 Å². The molecule has 0 saturated heterocycles. The van der Waals surface area contributed by atoms with Gasteiger partial charge in [-0.3, -0.25) is 10.1 Å². The molecule has 1 N–H and O–H groups in total. The van der Waals surface area contributed by atoms with Gasteiger partial charge in [0.25, 0.3) is 5.69 Å². The SMILES string of the molecule is C#CCCCNS(=O)(=O)c1c(C)cc(C)c([N+](=O)[O-])c1C. The van der Waals surface area contributed by atoms with Gasteiger partial charge in [0.05, 0.1) is 9.82 Å². The van der Waals surface area contributed by atoms with Gasteiger partial charge in [0.2, 0.25) is 10.0 Å². The normalized spacial score (nSPS) is 11.1. The summed E-state index contributed by atoms with van der Waals surface area (Å²) in [5.41, 5.74) is 0.924. The quantitative estimate of drug-likeness (QED) is 0.377. The number of nitro groups is 1. The van der Waals surface area contributed by atoms with Gasteiger partial charge in [0.15, 0.2) is 0 Å². The molecule has 0 unspecified atom stereocenters. The molecule has 21 heavy (non-hydrogen) atoms. The fourth-order valence-electron chi connectivity index (χ4n) is 2.32. The van der Waals surface area contributed by atoms with E-state index in [4.69, 9.17) is 6.42 Å². The molecule has 0 aliphatic heterocycles. The zero-order chi connectivity index (χ0) is 16.2. The largest absolute Gasteiger partial charge is 0.276 e. The molecule has 0 spiro atoms. The second-order valence-electron chi connectivity index (χ2n) is 4.78. The molecule has 0 bridgehead atoms. The van der Waals surface area contributed by atoms with E-state index in [2.05, 4.69) is 10.6 Å². The molecule has 0 heterocycles. The Labute approximate surface area is 124 Å². The Morgan fingerprint density at radius 2 is 1.95 bits per heavy atom. The number of benzene rings is 1. The number of nitro benzene ring substituents is 1. The Bertz CT molecular complexity index is 703. The molecule has 0 saturated carbocycles. The Kier molecular flexibility index (Phi) is 5.47. The Hall–Kier alpha value is -1.91. The first-order valence-electron chi connectivity index (χ1n) is 6.40. The smallest absolute Gasteiger partial charge is 0.258 e. The number of nitrogens with one attached hydrogen (secondary N) is 1. The molecule has 0 radical (unpaired) electrons. The van der Waals surface area contributed by atoms with E-state index in [1.807, 2.05) is 0 Å². The second-order valence-corrected chi connectivity index (χ2v) is 6.48. The minimum Gasteiger partial charge on any atom is -0.258 e. The number of unbranched alkanes of at least 4 members (excludes halogenated alkanes) is 1.